The fraction of sp³-hybridized carbons (Fsp3) is 0.308. The van der Waals surface area contributed by atoms with E-state index in [1.54, 1.807) is 10.9 Å². The van der Waals surface area contributed by atoms with Crippen LogP contribution in [0.4, 0.5) is 5.69 Å². The second kappa shape index (κ2) is 10.3. The van der Waals surface area contributed by atoms with E-state index >= 15 is 0 Å². The maximum Gasteiger partial charge on any atom is 0.333 e. The van der Waals surface area contributed by atoms with E-state index in [2.05, 4.69) is 17.2 Å². The number of aromatic nitrogens is 4. The summed E-state index contributed by atoms with van der Waals surface area (Å²) in [4.78, 5) is 43.7. The lowest BCUT2D eigenvalue weighted by Crippen LogP contribution is -2.43. The van der Waals surface area contributed by atoms with Gasteiger partial charge in [-0.25, -0.2) is 14.3 Å². The molecule has 8 nitrogen and oxygen atoms in total. The monoisotopic (exact) mass is 459 g/mol. The Balaban J connectivity index is 1.65. The molecule has 4 rings (SSSR count). The number of aryl methyl sites for hydroxylation is 2. The van der Waals surface area contributed by atoms with Crippen LogP contribution in [0.15, 0.2) is 70.5 Å². The summed E-state index contributed by atoms with van der Waals surface area (Å²) in [5, 5.41) is 2.80. The summed E-state index contributed by atoms with van der Waals surface area (Å²) in [5.74, 6) is -0.436. The van der Waals surface area contributed by atoms with Crippen molar-refractivity contribution in [2.75, 3.05) is 5.32 Å². The summed E-state index contributed by atoms with van der Waals surface area (Å²) >= 11 is 0. The number of nitrogens with one attached hydrogen (secondary N) is 1. The molecule has 0 aliphatic carbocycles. The molecule has 8 heteroatoms. The predicted octanol–water partition coefficient (Wildman–Crippen LogP) is 3.41. The molecule has 4 aromatic rings. The zero-order valence-corrected chi connectivity index (χ0v) is 19.5. The number of anilines is 1. The standard InChI is InChI=1S/C26H29N5O3/c1-3-5-9-19-12-14-21(15-13-19)28-22(32)17-31-25(33)23-24(27-18-29(23)4-2)30(26(31)34)16-20-10-7-6-8-11-20/h6-8,10-15,18H,3-5,9,16-17H2,1-2H3,(H,28,32). The van der Waals surface area contributed by atoms with Crippen molar-refractivity contribution >= 4 is 22.8 Å². The van der Waals surface area contributed by atoms with Crippen LogP contribution in [-0.4, -0.2) is 24.6 Å². The molecule has 0 aliphatic rings. The van der Waals surface area contributed by atoms with Gasteiger partial charge in [-0.05, 0) is 43.0 Å². The summed E-state index contributed by atoms with van der Waals surface area (Å²) in [6, 6.07) is 17.1. The largest absolute Gasteiger partial charge is 0.333 e. The molecule has 2 heterocycles. The topological polar surface area (TPSA) is 90.9 Å². The lowest BCUT2D eigenvalue weighted by Gasteiger charge is -2.13. The smallest absolute Gasteiger partial charge is 0.325 e. The van der Waals surface area contributed by atoms with Crippen LogP contribution in [0.2, 0.25) is 0 Å². The third-order valence-electron chi connectivity index (χ3n) is 5.87. The van der Waals surface area contributed by atoms with Crippen molar-refractivity contribution in [2.24, 2.45) is 0 Å². The molecule has 0 saturated heterocycles. The average molecular weight is 460 g/mol. The third kappa shape index (κ3) is 4.85. The van der Waals surface area contributed by atoms with Gasteiger partial charge in [0.15, 0.2) is 11.2 Å². The molecular weight excluding hydrogens is 430 g/mol. The zero-order valence-electron chi connectivity index (χ0n) is 19.5. The summed E-state index contributed by atoms with van der Waals surface area (Å²) < 4.78 is 4.14. The van der Waals surface area contributed by atoms with Crippen molar-refractivity contribution in [2.45, 2.75) is 52.7 Å². The van der Waals surface area contributed by atoms with E-state index in [4.69, 9.17) is 0 Å². The van der Waals surface area contributed by atoms with Crippen molar-refractivity contribution in [3.05, 3.63) is 92.9 Å². The molecule has 0 aliphatic heterocycles. The molecule has 0 saturated carbocycles. The van der Waals surface area contributed by atoms with Crippen molar-refractivity contribution in [1.82, 2.24) is 18.7 Å². The van der Waals surface area contributed by atoms with E-state index in [1.807, 2.05) is 61.5 Å². The SMILES string of the molecule is CCCCc1ccc(NC(=O)Cn2c(=O)c3c(ncn3CC)n(Cc3ccccc3)c2=O)cc1. The predicted molar refractivity (Wildman–Crippen MR) is 133 cm³/mol. The number of amides is 1. The molecule has 0 bridgehead atoms. The first-order valence-electron chi connectivity index (χ1n) is 11.6. The van der Waals surface area contributed by atoms with Crippen molar-refractivity contribution in [3.8, 4) is 0 Å². The number of nitrogens with zero attached hydrogens (tertiary/aromatic N) is 4. The maximum absolute atomic E-state index is 13.3. The van der Waals surface area contributed by atoms with Crippen LogP contribution in [0, 0.1) is 0 Å². The fourth-order valence-corrected chi connectivity index (χ4v) is 4.01. The highest BCUT2D eigenvalue weighted by Crippen LogP contribution is 2.13. The quantitative estimate of drug-likeness (QED) is 0.415. The number of fused-ring (bicyclic) bond motifs is 1. The fourth-order valence-electron chi connectivity index (χ4n) is 4.01. The van der Waals surface area contributed by atoms with E-state index in [0.29, 0.717) is 23.4 Å². The van der Waals surface area contributed by atoms with Crippen LogP contribution < -0.4 is 16.6 Å². The first-order valence-corrected chi connectivity index (χ1v) is 11.6. The molecular formula is C26H29N5O3. The summed E-state index contributed by atoms with van der Waals surface area (Å²) in [5.41, 5.74) is 2.28. The summed E-state index contributed by atoms with van der Waals surface area (Å²) in [6.45, 7) is 4.43. The Morgan fingerprint density at radius 2 is 1.68 bits per heavy atom. The number of carbonyl (C=O) groups excluding carboxylic acids is 1. The van der Waals surface area contributed by atoms with Gasteiger partial charge in [-0.3, -0.25) is 14.2 Å². The molecule has 1 amide bonds. The molecule has 1 N–H and O–H groups in total. The van der Waals surface area contributed by atoms with Crippen molar-refractivity contribution in [3.63, 3.8) is 0 Å². The number of unbranched alkanes of at least 4 members (excludes halogenated alkanes) is 1. The zero-order chi connectivity index (χ0) is 24.1. The van der Waals surface area contributed by atoms with Crippen LogP contribution in [0.5, 0.6) is 0 Å². The second-order valence-corrected chi connectivity index (χ2v) is 8.30. The van der Waals surface area contributed by atoms with E-state index in [9.17, 15) is 14.4 Å². The second-order valence-electron chi connectivity index (χ2n) is 8.30. The maximum atomic E-state index is 13.3. The number of hydrogen-bond donors (Lipinski definition) is 1. The first-order chi connectivity index (χ1) is 16.5. The number of rotatable bonds is 9. The Labute approximate surface area is 197 Å². The van der Waals surface area contributed by atoms with Crippen molar-refractivity contribution < 1.29 is 4.79 Å². The Bertz CT molecular complexity index is 1400. The molecule has 0 spiro atoms. The molecule has 0 radical (unpaired) electrons. The Morgan fingerprint density at radius 1 is 0.941 bits per heavy atom. The minimum atomic E-state index is -0.562. The molecule has 2 aromatic heterocycles. The Morgan fingerprint density at radius 3 is 2.35 bits per heavy atom. The highest BCUT2D eigenvalue weighted by atomic mass is 16.2. The number of hydrogen-bond acceptors (Lipinski definition) is 4. The Kier molecular flexibility index (Phi) is 7.06. The molecule has 34 heavy (non-hydrogen) atoms. The minimum Gasteiger partial charge on any atom is -0.325 e. The van der Waals surface area contributed by atoms with E-state index in [-0.39, 0.29) is 13.1 Å². The lowest BCUT2D eigenvalue weighted by atomic mass is 10.1. The van der Waals surface area contributed by atoms with Crippen LogP contribution >= 0.6 is 0 Å². The van der Waals surface area contributed by atoms with Gasteiger partial charge in [0.2, 0.25) is 5.91 Å². The van der Waals surface area contributed by atoms with Crippen LogP contribution in [0.3, 0.4) is 0 Å². The first kappa shape index (κ1) is 23.2. The Hall–Kier alpha value is -3.94. The van der Waals surface area contributed by atoms with E-state index in [1.165, 1.54) is 10.1 Å². The van der Waals surface area contributed by atoms with Gasteiger partial charge in [-0.1, -0.05) is 55.8 Å². The number of imidazole rings is 1. The molecule has 0 unspecified atom stereocenters. The van der Waals surface area contributed by atoms with Crippen LogP contribution in [0.1, 0.15) is 37.8 Å². The van der Waals surface area contributed by atoms with Gasteiger partial charge in [0, 0.05) is 12.2 Å². The summed E-state index contributed by atoms with van der Waals surface area (Å²) in [6.07, 6.45) is 4.78. The normalized spacial score (nSPS) is 11.1. The molecule has 176 valence electrons. The summed E-state index contributed by atoms with van der Waals surface area (Å²) in [7, 11) is 0. The number of benzene rings is 2. The van der Waals surface area contributed by atoms with Gasteiger partial charge in [0.1, 0.15) is 6.54 Å². The van der Waals surface area contributed by atoms with Gasteiger partial charge in [-0.2, -0.15) is 0 Å². The lowest BCUT2D eigenvalue weighted by molar-refractivity contribution is -0.116. The van der Waals surface area contributed by atoms with E-state index in [0.717, 1.165) is 29.4 Å². The minimum absolute atomic E-state index is 0.248. The number of carbonyl (C=O) groups is 1. The highest BCUT2D eigenvalue weighted by molar-refractivity contribution is 5.90. The third-order valence-corrected chi connectivity index (χ3v) is 5.87. The van der Waals surface area contributed by atoms with Gasteiger partial charge < -0.3 is 9.88 Å². The molecule has 2 aromatic carbocycles. The van der Waals surface area contributed by atoms with Gasteiger partial charge in [0.25, 0.3) is 5.56 Å². The van der Waals surface area contributed by atoms with Gasteiger partial charge >= 0.3 is 5.69 Å². The van der Waals surface area contributed by atoms with Gasteiger partial charge in [0.05, 0.1) is 12.9 Å². The highest BCUT2D eigenvalue weighted by Gasteiger charge is 2.19. The average Bonchev–Trinajstić information content (AvgIpc) is 3.29. The van der Waals surface area contributed by atoms with Crippen molar-refractivity contribution in [1.29, 1.82) is 0 Å². The van der Waals surface area contributed by atoms with E-state index < -0.39 is 17.2 Å². The van der Waals surface area contributed by atoms with Crippen LogP contribution in [-0.2, 0) is 30.8 Å². The van der Waals surface area contributed by atoms with Crippen LogP contribution in [0.25, 0.3) is 11.2 Å². The molecule has 0 fully saturated rings. The molecule has 0 atom stereocenters. The van der Waals surface area contributed by atoms with Gasteiger partial charge in [-0.15, -0.1) is 0 Å².